The number of benzene rings is 2. The Bertz CT molecular complexity index is 1250. The molecule has 10 heteroatoms. The van der Waals surface area contributed by atoms with Gasteiger partial charge in [0.2, 0.25) is 0 Å². The number of halogens is 2. The fraction of sp³-hybridized carbons (Fsp3) is 0.250. The number of methoxy groups -OCH3 is 1. The maximum atomic E-state index is 12.8. The van der Waals surface area contributed by atoms with Gasteiger partial charge in [-0.15, -0.1) is 0 Å². The summed E-state index contributed by atoms with van der Waals surface area (Å²) in [5, 5.41) is 8.21. The van der Waals surface area contributed by atoms with E-state index in [2.05, 4.69) is 15.8 Å². The van der Waals surface area contributed by atoms with Crippen LogP contribution >= 0.6 is 23.2 Å². The van der Waals surface area contributed by atoms with Gasteiger partial charge in [0.15, 0.2) is 0 Å². The van der Waals surface area contributed by atoms with Crippen LogP contribution in [0.1, 0.15) is 29.8 Å². The van der Waals surface area contributed by atoms with Gasteiger partial charge in [-0.25, -0.2) is 5.43 Å². The maximum Gasteiger partial charge on any atom is 0.325 e. The standard InChI is InChI=1S/C24H24Cl2N4O4/c1-14(2)22(28-23(32)15-8-9-18(25)19(26)10-15)24(33)29-27-11-16-12-30(13-21(31)34-3)20-7-5-4-6-17(16)20/h4-12,14,22H,13H2,1-3H3,(H,28,32)(H,29,33)/b27-11-. The average Bonchev–Trinajstić information content (AvgIpc) is 3.16. The smallest absolute Gasteiger partial charge is 0.325 e. The molecule has 3 aromatic rings. The van der Waals surface area contributed by atoms with Crippen molar-refractivity contribution in [3.63, 3.8) is 0 Å². The molecule has 1 atom stereocenters. The number of esters is 1. The minimum Gasteiger partial charge on any atom is -0.468 e. The monoisotopic (exact) mass is 502 g/mol. The molecule has 0 aliphatic heterocycles. The number of hydrogen-bond acceptors (Lipinski definition) is 5. The minimum absolute atomic E-state index is 0.0490. The fourth-order valence-corrected chi connectivity index (χ4v) is 3.64. The molecule has 1 heterocycles. The molecule has 34 heavy (non-hydrogen) atoms. The quantitative estimate of drug-likeness (QED) is 0.275. The molecule has 3 rings (SSSR count). The first-order valence-electron chi connectivity index (χ1n) is 10.4. The summed E-state index contributed by atoms with van der Waals surface area (Å²) in [4.78, 5) is 37.1. The molecule has 0 fully saturated rings. The molecule has 2 amide bonds. The van der Waals surface area contributed by atoms with Crippen LogP contribution < -0.4 is 10.7 Å². The van der Waals surface area contributed by atoms with E-state index in [0.29, 0.717) is 10.6 Å². The number of para-hydroxylation sites is 1. The lowest BCUT2D eigenvalue weighted by molar-refractivity contribution is -0.141. The van der Waals surface area contributed by atoms with Crippen molar-refractivity contribution >= 4 is 58.1 Å². The van der Waals surface area contributed by atoms with Crippen LogP contribution in [0.2, 0.25) is 10.0 Å². The highest BCUT2D eigenvalue weighted by molar-refractivity contribution is 6.42. The lowest BCUT2D eigenvalue weighted by atomic mass is 10.0. The van der Waals surface area contributed by atoms with Crippen molar-refractivity contribution in [2.45, 2.75) is 26.4 Å². The van der Waals surface area contributed by atoms with Crippen molar-refractivity contribution in [2.75, 3.05) is 7.11 Å². The summed E-state index contributed by atoms with van der Waals surface area (Å²) in [5.41, 5.74) is 4.31. The van der Waals surface area contributed by atoms with Crippen LogP contribution in [0.5, 0.6) is 0 Å². The first-order chi connectivity index (χ1) is 16.2. The Morgan fingerprint density at radius 3 is 2.53 bits per heavy atom. The largest absolute Gasteiger partial charge is 0.468 e. The Balaban J connectivity index is 1.73. The molecule has 0 aliphatic rings. The van der Waals surface area contributed by atoms with Crippen molar-refractivity contribution in [1.82, 2.24) is 15.3 Å². The summed E-state index contributed by atoms with van der Waals surface area (Å²) in [6, 6.07) is 11.2. The van der Waals surface area contributed by atoms with Gasteiger partial charge in [-0.05, 0) is 30.2 Å². The van der Waals surface area contributed by atoms with E-state index in [1.165, 1.54) is 31.5 Å². The Morgan fingerprint density at radius 1 is 1.12 bits per heavy atom. The zero-order chi connectivity index (χ0) is 24.8. The SMILES string of the molecule is COC(=O)Cn1cc(/C=N\NC(=O)C(NC(=O)c2ccc(Cl)c(Cl)c2)C(C)C)c2ccccc21. The van der Waals surface area contributed by atoms with Crippen LogP contribution in [0.15, 0.2) is 53.8 Å². The third-order valence-electron chi connectivity index (χ3n) is 5.14. The number of aromatic nitrogens is 1. The lowest BCUT2D eigenvalue weighted by Gasteiger charge is -2.20. The number of carbonyl (C=O) groups is 3. The molecular weight excluding hydrogens is 479 g/mol. The van der Waals surface area contributed by atoms with Gasteiger partial charge in [0.05, 0.1) is 23.4 Å². The topological polar surface area (TPSA) is 102 Å². The normalized spacial score (nSPS) is 12.2. The lowest BCUT2D eigenvalue weighted by Crippen LogP contribution is -2.48. The van der Waals surface area contributed by atoms with E-state index in [1.54, 1.807) is 10.8 Å². The predicted octanol–water partition coefficient (Wildman–Crippen LogP) is 4.03. The van der Waals surface area contributed by atoms with Crippen LogP contribution in [-0.2, 0) is 20.9 Å². The third kappa shape index (κ3) is 5.95. The molecule has 0 bridgehead atoms. The molecule has 2 N–H and O–H groups in total. The molecule has 178 valence electrons. The average molecular weight is 503 g/mol. The number of amides is 2. The van der Waals surface area contributed by atoms with Gasteiger partial charge in [0.1, 0.15) is 12.6 Å². The highest BCUT2D eigenvalue weighted by atomic mass is 35.5. The van der Waals surface area contributed by atoms with Crippen LogP contribution in [0.4, 0.5) is 0 Å². The zero-order valence-electron chi connectivity index (χ0n) is 18.8. The van der Waals surface area contributed by atoms with Crippen molar-refractivity contribution in [1.29, 1.82) is 0 Å². The number of nitrogens with one attached hydrogen (secondary N) is 2. The predicted molar refractivity (Wildman–Crippen MR) is 132 cm³/mol. The van der Waals surface area contributed by atoms with E-state index in [9.17, 15) is 14.4 Å². The van der Waals surface area contributed by atoms with Gasteiger partial charge in [0.25, 0.3) is 11.8 Å². The number of rotatable bonds is 8. The Hall–Kier alpha value is -3.36. The van der Waals surface area contributed by atoms with Gasteiger partial charge in [-0.1, -0.05) is 55.2 Å². The molecule has 2 aromatic carbocycles. The molecule has 0 saturated carbocycles. The molecule has 0 aliphatic carbocycles. The van der Waals surface area contributed by atoms with Crippen LogP contribution in [0.3, 0.4) is 0 Å². The second-order valence-electron chi connectivity index (χ2n) is 7.86. The summed E-state index contributed by atoms with van der Waals surface area (Å²) in [6.45, 7) is 3.67. The van der Waals surface area contributed by atoms with Crippen molar-refractivity contribution < 1.29 is 19.1 Å². The maximum absolute atomic E-state index is 12.8. The second kappa shape index (κ2) is 11.2. The summed E-state index contributed by atoms with van der Waals surface area (Å²) in [6.07, 6.45) is 3.25. The number of fused-ring (bicyclic) bond motifs is 1. The molecule has 0 radical (unpaired) electrons. The summed E-state index contributed by atoms with van der Waals surface area (Å²) in [5.74, 6) is -1.51. The number of nitrogens with zero attached hydrogens (tertiary/aromatic N) is 2. The molecule has 8 nitrogen and oxygen atoms in total. The minimum atomic E-state index is -0.834. The summed E-state index contributed by atoms with van der Waals surface area (Å²) < 4.78 is 6.50. The first-order valence-corrected chi connectivity index (χ1v) is 11.2. The molecular formula is C24H24Cl2N4O4. The highest BCUT2D eigenvalue weighted by Crippen LogP contribution is 2.23. The van der Waals surface area contributed by atoms with E-state index in [4.69, 9.17) is 27.9 Å². The van der Waals surface area contributed by atoms with Crippen LogP contribution in [0, 0.1) is 5.92 Å². The summed E-state index contributed by atoms with van der Waals surface area (Å²) >= 11 is 11.9. The van der Waals surface area contributed by atoms with Crippen molar-refractivity contribution in [2.24, 2.45) is 11.0 Å². The highest BCUT2D eigenvalue weighted by Gasteiger charge is 2.25. The van der Waals surface area contributed by atoms with Crippen molar-refractivity contribution in [3.8, 4) is 0 Å². The van der Waals surface area contributed by atoms with Gasteiger partial charge in [-0.3, -0.25) is 14.4 Å². The van der Waals surface area contributed by atoms with Crippen LogP contribution in [0.25, 0.3) is 10.9 Å². The first kappa shape index (κ1) is 25.3. The molecule has 0 spiro atoms. The van der Waals surface area contributed by atoms with Gasteiger partial charge in [0, 0.05) is 28.2 Å². The van der Waals surface area contributed by atoms with E-state index in [0.717, 1.165) is 10.9 Å². The van der Waals surface area contributed by atoms with E-state index in [-0.39, 0.29) is 29.0 Å². The molecule has 1 aromatic heterocycles. The third-order valence-corrected chi connectivity index (χ3v) is 5.88. The number of hydrogen-bond donors (Lipinski definition) is 2. The number of ether oxygens (including phenoxy) is 1. The van der Waals surface area contributed by atoms with Crippen LogP contribution in [-0.4, -0.2) is 41.7 Å². The second-order valence-corrected chi connectivity index (χ2v) is 8.68. The summed E-state index contributed by atoms with van der Waals surface area (Å²) in [7, 11) is 1.33. The van der Waals surface area contributed by atoms with Gasteiger partial charge >= 0.3 is 5.97 Å². The molecule has 0 saturated heterocycles. The molecule has 1 unspecified atom stereocenters. The van der Waals surface area contributed by atoms with E-state index < -0.39 is 17.9 Å². The van der Waals surface area contributed by atoms with Crippen molar-refractivity contribution in [3.05, 3.63) is 69.8 Å². The Morgan fingerprint density at radius 2 is 1.85 bits per heavy atom. The Kier molecular flexibility index (Phi) is 8.31. The van der Waals surface area contributed by atoms with Gasteiger partial charge in [-0.2, -0.15) is 5.10 Å². The van der Waals surface area contributed by atoms with Gasteiger partial charge < -0.3 is 14.6 Å². The van der Waals surface area contributed by atoms with E-state index >= 15 is 0 Å². The van der Waals surface area contributed by atoms with E-state index in [1.807, 2.05) is 38.1 Å². The Labute approximate surface area is 206 Å². The number of carbonyl (C=O) groups excluding carboxylic acids is 3. The number of hydrazone groups is 1. The fourth-order valence-electron chi connectivity index (χ4n) is 3.34. The zero-order valence-corrected chi connectivity index (χ0v) is 20.4.